The second-order valence-electron chi connectivity index (χ2n) is 6.33. The van der Waals surface area contributed by atoms with E-state index in [-0.39, 0.29) is 48.8 Å². The highest BCUT2D eigenvalue weighted by molar-refractivity contribution is 5.88. The largest absolute Gasteiger partial charge is 0.354 e. The van der Waals surface area contributed by atoms with Gasteiger partial charge in [-0.2, -0.15) is 0 Å². The Hall–Kier alpha value is -1.96. The van der Waals surface area contributed by atoms with Crippen molar-refractivity contribution in [3.05, 3.63) is 0 Å². The van der Waals surface area contributed by atoms with Gasteiger partial charge in [0.1, 0.15) is 11.8 Å². The average Bonchev–Trinajstić information content (AvgIpc) is 2.50. The lowest BCUT2D eigenvalue weighted by molar-refractivity contribution is -0.130. The number of hydrogen-bond acceptors (Lipinski definition) is 5. The van der Waals surface area contributed by atoms with E-state index in [0.29, 0.717) is 25.9 Å². The monoisotopic (exact) mass is 356 g/mol. The molecule has 0 aliphatic rings. The van der Waals surface area contributed by atoms with Crippen molar-refractivity contribution < 1.29 is 19.2 Å². The van der Waals surface area contributed by atoms with Gasteiger partial charge in [-0.1, -0.05) is 0 Å². The topological polar surface area (TPSA) is 116 Å². The Bertz CT molecular complexity index is 452. The molecule has 0 aliphatic carbocycles. The van der Waals surface area contributed by atoms with Crippen LogP contribution in [0.4, 0.5) is 0 Å². The summed E-state index contributed by atoms with van der Waals surface area (Å²) in [4.78, 5) is 46.9. The fraction of sp³-hybridized carbons (Fsp3) is 0.765. The highest BCUT2D eigenvalue weighted by Gasteiger charge is 2.21. The fourth-order valence-corrected chi connectivity index (χ4v) is 2.14. The van der Waals surface area contributed by atoms with Crippen LogP contribution in [-0.4, -0.2) is 55.7 Å². The van der Waals surface area contributed by atoms with Crippen molar-refractivity contribution >= 4 is 23.5 Å². The molecule has 1 atom stereocenters. The molecule has 0 fully saturated rings. The predicted octanol–water partition coefficient (Wildman–Crippen LogP) is -0.129. The molecule has 3 amide bonds. The minimum Gasteiger partial charge on any atom is -0.354 e. The van der Waals surface area contributed by atoms with E-state index in [2.05, 4.69) is 21.3 Å². The second kappa shape index (κ2) is 13.3. The Balaban J connectivity index is 4.54. The molecule has 0 aromatic carbocycles. The Morgan fingerprint density at radius 1 is 0.880 bits per heavy atom. The van der Waals surface area contributed by atoms with Crippen LogP contribution in [0, 0.1) is 0 Å². The number of hydrogen-bond donors (Lipinski definition) is 4. The van der Waals surface area contributed by atoms with Gasteiger partial charge in [0.25, 0.3) is 0 Å². The van der Waals surface area contributed by atoms with Crippen LogP contribution >= 0.6 is 0 Å². The van der Waals surface area contributed by atoms with Crippen LogP contribution in [0.5, 0.6) is 0 Å². The summed E-state index contributed by atoms with van der Waals surface area (Å²) in [6.45, 7) is 6.24. The van der Waals surface area contributed by atoms with E-state index in [0.717, 1.165) is 0 Å². The maximum absolute atomic E-state index is 12.2. The molecule has 0 heterocycles. The summed E-state index contributed by atoms with van der Waals surface area (Å²) in [5.41, 5.74) is 0. The van der Waals surface area contributed by atoms with Gasteiger partial charge in [0.2, 0.25) is 17.7 Å². The van der Waals surface area contributed by atoms with Gasteiger partial charge in [0, 0.05) is 38.4 Å². The highest BCUT2D eigenvalue weighted by atomic mass is 16.2. The van der Waals surface area contributed by atoms with E-state index in [1.807, 2.05) is 13.8 Å². The number of nitrogens with one attached hydrogen (secondary N) is 4. The molecule has 4 N–H and O–H groups in total. The third kappa shape index (κ3) is 13.1. The third-order valence-corrected chi connectivity index (χ3v) is 3.37. The normalized spacial score (nSPS) is 11.7. The van der Waals surface area contributed by atoms with Crippen molar-refractivity contribution in [1.82, 2.24) is 21.3 Å². The van der Waals surface area contributed by atoms with Crippen LogP contribution in [0.1, 0.15) is 52.9 Å². The number of rotatable bonds is 13. The van der Waals surface area contributed by atoms with E-state index < -0.39 is 6.04 Å². The molecule has 0 spiro atoms. The zero-order chi connectivity index (χ0) is 19.2. The van der Waals surface area contributed by atoms with Gasteiger partial charge in [-0.05, 0) is 40.7 Å². The van der Waals surface area contributed by atoms with E-state index in [4.69, 9.17) is 0 Å². The van der Waals surface area contributed by atoms with Crippen LogP contribution in [0.15, 0.2) is 0 Å². The van der Waals surface area contributed by atoms with E-state index in [1.54, 1.807) is 7.05 Å². The minimum atomic E-state index is -0.764. The average molecular weight is 356 g/mol. The van der Waals surface area contributed by atoms with Crippen molar-refractivity contribution in [2.24, 2.45) is 0 Å². The van der Waals surface area contributed by atoms with Gasteiger partial charge in [0.15, 0.2) is 0 Å². The maximum Gasteiger partial charge on any atom is 0.242 e. The first kappa shape index (κ1) is 23.0. The molecule has 0 radical (unpaired) electrons. The molecule has 0 saturated carbocycles. The van der Waals surface area contributed by atoms with Crippen molar-refractivity contribution in [2.45, 2.75) is 65.0 Å². The zero-order valence-electron chi connectivity index (χ0n) is 15.7. The molecule has 8 nitrogen and oxygen atoms in total. The summed E-state index contributed by atoms with van der Waals surface area (Å²) in [6, 6.07) is -0.740. The van der Waals surface area contributed by atoms with E-state index in [1.165, 1.54) is 6.92 Å². The maximum atomic E-state index is 12.2. The first-order chi connectivity index (χ1) is 11.8. The first-order valence-electron chi connectivity index (χ1n) is 8.76. The third-order valence-electron chi connectivity index (χ3n) is 3.37. The molecular formula is C17H32N4O4. The summed E-state index contributed by atoms with van der Waals surface area (Å²) in [7, 11) is 1.77. The minimum absolute atomic E-state index is 0.0246. The fourth-order valence-electron chi connectivity index (χ4n) is 2.14. The SMILES string of the molecule is CNCCNC(=O)C(CCC(=O)NC(C)C)NC(=O)CCCC(C)=O. The van der Waals surface area contributed by atoms with E-state index >= 15 is 0 Å². The van der Waals surface area contributed by atoms with Gasteiger partial charge >= 0.3 is 0 Å². The van der Waals surface area contributed by atoms with Gasteiger partial charge in [-0.25, -0.2) is 0 Å². The lowest BCUT2D eigenvalue weighted by atomic mass is 10.1. The molecular weight excluding hydrogens is 324 g/mol. The molecule has 25 heavy (non-hydrogen) atoms. The number of Topliss-reactive ketones (excluding diaryl/α,β-unsaturated/α-hetero) is 1. The Morgan fingerprint density at radius 3 is 2.08 bits per heavy atom. The first-order valence-corrected chi connectivity index (χ1v) is 8.76. The summed E-state index contributed by atoms with van der Waals surface area (Å²) in [5.74, 6) is -0.736. The zero-order valence-corrected chi connectivity index (χ0v) is 15.7. The quantitative estimate of drug-likeness (QED) is 0.343. The van der Waals surface area contributed by atoms with Crippen LogP contribution in [0.2, 0.25) is 0 Å². The number of likely N-dealkylation sites (N-methyl/N-ethyl adjacent to an activating group) is 1. The molecule has 0 saturated heterocycles. The van der Waals surface area contributed by atoms with Gasteiger partial charge in [0.05, 0.1) is 0 Å². The molecule has 0 rings (SSSR count). The van der Waals surface area contributed by atoms with Crippen LogP contribution < -0.4 is 21.3 Å². The van der Waals surface area contributed by atoms with Crippen LogP contribution in [-0.2, 0) is 19.2 Å². The van der Waals surface area contributed by atoms with Crippen LogP contribution in [0.3, 0.4) is 0 Å². The number of carbonyl (C=O) groups is 4. The molecule has 0 aromatic heterocycles. The highest BCUT2D eigenvalue weighted by Crippen LogP contribution is 2.02. The molecule has 0 aliphatic heterocycles. The van der Waals surface area contributed by atoms with Crippen molar-refractivity contribution in [3.63, 3.8) is 0 Å². The summed E-state index contributed by atoms with van der Waals surface area (Å²) in [6.07, 6.45) is 1.34. The van der Waals surface area contributed by atoms with Gasteiger partial charge in [-0.15, -0.1) is 0 Å². The molecule has 0 aromatic rings. The Labute approximate surface area is 149 Å². The second-order valence-corrected chi connectivity index (χ2v) is 6.33. The number of carbonyl (C=O) groups excluding carboxylic acids is 4. The number of ketones is 1. The summed E-state index contributed by atoms with van der Waals surface area (Å²) < 4.78 is 0. The molecule has 144 valence electrons. The van der Waals surface area contributed by atoms with Gasteiger partial charge < -0.3 is 26.1 Å². The molecule has 1 unspecified atom stereocenters. The number of amides is 3. The molecule has 8 heteroatoms. The summed E-state index contributed by atoms with van der Waals surface area (Å²) in [5, 5.41) is 11.1. The van der Waals surface area contributed by atoms with E-state index in [9.17, 15) is 19.2 Å². The predicted molar refractivity (Wildman–Crippen MR) is 95.9 cm³/mol. The Kier molecular flexibility index (Phi) is 12.3. The standard InChI is InChI=1S/C17H32N4O4/c1-12(2)20-16(24)9-8-14(17(25)19-11-10-18-4)21-15(23)7-5-6-13(3)22/h12,14,18H,5-11H2,1-4H3,(H,19,25)(H,20,24)(H,21,23). The summed E-state index contributed by atoms with van der Waals surface area (Å²) >= 11 is 0. The lowest BCUT2D eigenvalue weighted by Gasteiger charge is -2.19. The van der Waals surface area contributed by atoms with Crippen molar-refractivity contribution in [1.29, 1.82) is 0 Å². The Morgan fingerprint density at radius 2 is 1.52 bits per heavy atom. The van der Waals surface area contributed by atoms with Gasteiger partial charge in [-0.3, -0.25) is 14.4 Å². The van der Waals surface area contributed by atoms with Crippen molar-refractivity contribution in [3.8, 4) is 0 Å². The molecule has 0 bridgehead atoms. The van der Waals surface area contributed by atoms with Crippen LogP contribution in [0.25, 0.3) is 0 Å². The lowest BCUT2D eigenvalue weighted by Crippen LogP contribution is -2.48. The van der Waals surface area contributed by atoms with Crippen molar-refractivity contribution in [2.75, 3.05) is 20.1 Å². The smallest absolute Gasteiger partial charge is 0.242 e.